The molecule has 0 atom stereocenters. The molecule has 80 valence electrons. The summed E-state index contributed by atoms with van der Waals surface area (Å²) in [6.45, 7) is 4.46. The van der Waals surface area contributed by atoms with E-state index in [4.69, 9.17) is 5.26 Å². The second kappa shape index (κ2) is 5.73. The van der Waals surface area contributed by atoms with E-state index in [1.807, 2.05) is 24.3 Å². The van der Waals surface area contributed by atoms with E-state index in [0.717, 1.165) is 5.56 Å². The number of hydrogen-bond donors (Lipinski definition) is 0. The topological polar surface area (TPSA) is 27.0 Å². The predicted molar refractivity (Wildman–Crippen MR) is 67.6 cm³/mol. The minimum Gasteiger partial charge on any atom is -0.354 e. The summed E-state index contributed by atoms with van der Waals surface area (Å²) in [4.78, 5) is 0. The molecule has 0 aliphatic carbocycles. The Hall–Kier alpha value is -1.06. The zero-order valence-electron chi connectivity index (χ0n) is 9.57. The highest BCUT2D eigenvalue weighted by molar-refractivity contribution is 7.59. The van der Waals surface area contributed by atoms with Crippen molar-refractivity contribution in [3.05, 3.63) is 29.8 Å². The molecule has 0 aromatic heterocycles. The van der Waals surface area contributed by atoms with E-state index in [9.17, 15) is 0 Å². The molecule has 1 aromatic carbocycles. The largest absolute Gasteiger partial charge is 0.354 e. The smallest absolute Gasteiger partial charge is 0.0991 e. The average molecular weight is 220 g/mol. The summed E-state index contributed by atoms with van der Waals surface area (Å²) in [5, 5.41) is 8.71. The fourth-order valence-corrected chi connectivity index (χ4v) is 3.32. The van der Waals surface area contributed by atoms with Gasteiger partial charge in [-0.25, -0.2) is 0 Å². The van der Waals surface area contributed by atoms with Crippen LogP contribution in [-0.2, 0) is 0 Å². The quantitative estimate of drug-likeness (QED) is 0.727. The van der Waals surface area contributed by atoms with Crippen LogP contribution in [0, 0.1) is 11.3 Å². The van der Waals surface area contributed by atoms with Crippen LogP contribution in [-0.4, -0.2) is 19.4 Å². The van der Waals surface area contributed by atoms with Crippen LogP contribution < -0.4 is 4.67 Å². The fraction of sp³-hybridized carbons (Fsp3) is 0.417. The first-order valence-corrected chi connectivity index (χ1v) is 6.88. The van der Waals surface area contributed by atoms with Gasteiger partial charge in [-0.3, -0.25) is 0 Å². The molecule has 0 aliphatic heterocycles. The van der Waals surface area contributed by atoms with Crippen molar-refractivity contribution in [2.75, 3.05) is 24.0 Å². The molecule has 0 N–H and O–H groups in total. The highest BCUT2D eigenvalue weighted by atomic mass is 31.1. The van der Waals surface area contributed by atoms with Gasteiger partial charge in [-0.15, -0.1) is 0 Å². The molecule has 0 saturated carbocycles. The Morgan fingerprint density at radius 2 is 1.73 bits per heavy atom. The summed E-state index contributed by atoms with van der Waals surface area (Å²) in [6.07, 6.45) is 2.42. The molecule has 15 heavy (non-hydrogen) atoms. The van der Waals surface area contributed by atoms with Gasteiger partial charge in [0.2, 0.25) is 0 Å². The van der Waals surface area contributed by atoms with E-state index in [0.29, 0.717) is 0 Å². The Kier molecular flexibility index (Phi) is 4.59. The summed E-state index contributed by atoms with van der Waals surface area (Å²) < 4.78 is 2.34. The first-order valence-electron chi connectivity index (χ1n) is 5.21. The molecule has 1 aromatic rings. The van der Waals surface area contributed by atoms with E-state index >= 15 is 0 Å². The van der Waals surface area contributed by atoms with Crippen LogP contribution in [0.4, 0.5) is 5.69 Å². The Bertz CT molecular complexity index is 336. The zero-order chi connectivity index (χ0) is 11.3. The van der Waals surface area contributed by atoms with E-state index in [1.54, 1.807) is 0 Å². The fourth-order valence-electron chi connectivity index (χ4n) is 1.56. The summed E-state index contributed by atoms with van der Waals surface area (Å²) in [5.41, 5.74) is 1.94. The van der Waals surface area contributed by atoms with Gasteiger partial charge in [0.15, 0.2) is 0 Å². The van der Waals surface area contributed by atoms with Gasteiger partial charge in [-0.05, 0) is 44.7 Å². The molecule has 2 nitrogen and oxygen atoms in total. The van der Waals surface area contributed by atoms with E-state index < -0.39 is 0 Å². The molecule has 0 fully saturated rings. The zero-order valence-corrected chi connectivity index (χ0v) is 10.5. The number of nitriles is 1. The maximum absolute atomic E-state index is 8.71. The summed E-state index contributed by atoms with van der Waals surface area (Å²) in [6, 6.07) is 9.95. The lowest BCUT2D eigenvalue weighted by Crippen LogP contribution is -2.12. The second-order valence-corrected chi connectivity index (χ2v) is 6.20. The van der Waals surface area contributed by atoms with Gasteiger partial charge in [0.05, 0.1) is 11.6 Å². The third-order valence-electron chi connectivity index (χ3n) is 2.52. The Morgan fingerprint density at radius 1 is 1.20 bits per heavy atom. The normalized spacial score (nSPS) is 10.1. The average Bonchev–Trinajstić information content (AvgIpc) is 2.30. The van der Waals surface area contributed by atoms with Crippen molar-refractivity contribution in [2.24, 2.45) is 0 Å². The number of anilines is 1. The van der Waals surface area contributed by atoms with Gasteiger partial charge >= 0.3 is 0 Å². The minimum absolute atomic E-state index is 0.0572. The van der Waals surface area contributed by atoms with Crippen molar-refractivity contribution >= 4 is 13.8 Å². The summed E-state index contributed by atoms with van der Waals surface area (Å²) in [5.74, 6) is 0. The molecular weight excluding hydrogens is 203 g/mol. The Labute approximate surface area is 93.3 Å². The van der Waals surface area contributed by atoms with Crippen LogP contribution in [0.25, 0.3) is 0 Å². The standard InChI is InChI=1S/C12H17N2P/c1-4-15(5-2)14(3)12-8-6-11(10-13)7-9-12/h6-9H,4-5H2,1-3H3. The number of nitrogens with zero attached hydrogens (tertiary/aromatic N) is 2. The lowest BCUT2D eigenvalue weighted by molar-refractivity contribution is 1.27. The molecule has 0 saturated heterocycles. The van der Waals surface area contributed by atoms with Crippen molar-refractivity contribution in [1.29, 1.82) is 5.26 Å². The summed E-state index contributed by atoms with van der Waals surface area (Å²) >= 11 is 0. The van der Waals surface area contributed by atoms with Crippen LogP contribution >= 0.6 is 8.07 Å². The molecular formula is C12H17N2P. The number of rotatable bonds is 4. The van der Waals surface area contributed by atoms with Crippen LogP contribution in [0.5, 0.6) is 0 Å². The molecule has 0 aliphatic rings. The molecule has 0 radical (unpaired) electrons. The van der Waals surface area contributed by atoms with Crippen LogP contribution in [0.15, 0.2) is 24.3 Å². The highest BCUT2D eigenvalue weighted by Gasteiger charge is 2.10. The monoisotopic (exact) mass is 220 g/mol. The van der Waals surface area contributed by atoms with Crippen LogP contribution in [0.1, 0.15) is 19.4 Å². The molecule has 0 bridgehead atoms. The summed E-state index contributed by atoms with van der Waals surface area (Å²) in [7, 11) is 2.08. The van der Waals surface area contributed by atoms with Crippen LogP contribution in [0.3, 0.4) is 0 Å². The Morgan fingerprint density at radius 3 is 2.13 bits per heavy atom. The molecule has 0 spiro atoms. The third kappa shape index (κ3) is 2.94. The van der Waals surface area contributed by atoms with Gasteiger partial charge in [-0.2, -0.15) is 5.26 Å². The lowest BCUT2D eigenvalue weighted by atomic mass is 10.2. The highest BCUT2D eigenvalue weighted by Crippen LogP contribution is 2.41. The maximum Gasteiger partial charge on any atom is 0.0991 e. The number of benzene rings is 1. The predicted octanol–water partition coefficient (Wildman–Crippen LogP) is 3.43. The lowest BCUT2D eigenvalue weighted by Gasteiger charge is -2.28. The van der Waals surface area contributed by atoms with E-state index in [2.05, 4.69) is 31.6 Å². The van der Waals surface area contributed by atoms with Crippen molar-refractivity contribution in [3.8, 4) is 6.07 Å². The first-order chi connectivity index (χ1) is 7.22. The molecule has 0 heterocycles. The van der Waals surface area contributed by atoms with Crippen molar-refractivity contribution in [2.45, 2.75) is 13.8 Å². The molecule has 3 heteroatoms. The first kappa shape index (κ1) is 12.0. The molecule has 1 rings (SSSR count). The second-order valence-electron chi connectivity index (χ2n) is 3.32. The van der Waals surface area contributed by atoms with E-state index in [1.165, 1.54) is 18.0 Å². The van der Waals surface area contributed by atoms with Gasteiger partial charge in [0, 0.05) is 12.7 Å². The van der Waals surface area contributed by atoms with Crippen molar-refractivity contribution in [3.63, 3.8) is 0 Å². The minimum atomic E-state index is -0.0572. The van der Waals surface area contributed by atoms with Crippen LogP contribution in [0.2, 0.25) is 0 Å². The molecule has 0 unspecified atom stereocenters. The molecule has 0 amide bonds. The SMILES string of the molecule is CCP(CC)N(C)c1ccc(C#N)cc1. The van der Waals surface area contributed by atoms with Gasteiger partial charge < -0.3 is 4.67 Å². The van der Waals surface area contributed by atoms with Gasteiger partial charge in [0.25, 0.3) is 0 Å². The van der Waals surface area contributed by atoms with Crippen molar-refractivity contribution in [1.82, 2.24) is 0 Å². The van der Waals surface area contributed by atoms with Gasteiger partial charge in [-0.1, -0.05) is 13.8 Å². The Balaban J connectivity index is 2.82. The van der Waals surface area contributed by atoms with Gasteiger partial charge in [0.1, 0.15) is 0 Å². The van der Waals surface area contributed by atoms with E-state index in [-0.39, 0.29) is 8.07 Å². The number of hydrogen-bond acceptors (Lipinski definition) is 2. The maximum atomic E-state index is 8.71. The van der Waals surface area contributed by atoms with Crippen molar-refractivity contribution < 1.29 is 0 Å². The third-order valence-corrected chi connectivity index (χ3v) is 5.06.